The van der Waals surface area contributed by atoms with Gasteiger partial charge in [-0.15, -0.1) is 0 Å². The Morgan fingerprint density at radius 3 is 0.462 bits per heavy atom. The molecule has 0 aliphatic carbocycles. The molecule has 4 rings (SSSR count). The second kappa shape index (κ2) is 23.7. The molecular weight excluding hydrogens is 434 g/mol. The first-order valence-electron chi connectivity index (χ1n) is 7.64. The zero-order valence-electron chi connectivity index (χ0n) is 15.1. The van der Waals surface area contributed by atoms with E-state index in [0.717, 1.165) is 0 Å². The maximum absolute atomic E-state index is 2.89. The second-order valence-corrected chi connectivity index (χ2v) is 4.31. The molecule has 0 aromatic heterocycles. The first-order valence-corrected chi connectivity index (χ1v) is 7.64. The minimum atomic E-state index is 0. The largest absolute Gasteiger partial charge is 3.00 e. The monoisotopic (exact) mass is 454 g/mol. The van der Waals surface area contributed by atoms with E-state index in [1.807, 2.05) is 121 Å². The van der Waals surface area contributed by atoms with Crippen LogP contribution in [0.3, 0.4) is 0 Å². The summed E-state index contributed by atoms with van der Waals surface area (Å²) in [6.45, 7) is 0. The molecule has 0 radical (unpaired) electrons. The number of hydrogen-bond donors (Lipinski definition) is 0. The molecule has 0 nitrogen and oxygen atoms in total. The van der Waals surface area contributed by atoms with Crippen molar-refractivity contribution >= 4 is 0 Å². The third-order valence-corrected chi connectivity index (χ3v) is 2.43. The van der Waals surface area contributed by atoms with Crippen LogP contribution in [0.2, 0.25) is 0 Å². The molecule has 0 N–H and O–H groups in total. The Kier molecular flexibility index (Phi) is 24.5. The smallest absolute Gasteiger partial charge is 0.184 e. The molecule has 26 heavy (non-hydrogen) atoms. The van der Waals surface area contributed by atoms with Gasteiger partial charge in [0.15, 0.2) is 0 Å². The van der Waals surface area contributed by atoms with Crippen LogP contribution in [0.1, 0.15) is 0 Å². The summed E-state index contributed by atoms with van der Waals surface area (Å²) in [5.41, 5.74) is 0. The molecule has 0 spiro atoms. The van der Waals surface area contributed by atoms with Crippen LogP contribution in [0.15, 0.2) is 121 Å². The van der Waals surface area contributed by atoms with Crippen LogP contribution < -0.4 is 18.9 Å². The Hall–Kier alpha value is -1.33. The van der Waals surface area contributed by atoms with Crippen molar-refractivity contribution in [1.29, 1.82) is 0 Å². The molecule has 0 unspecified atom stereocenters. The molecule has 4 aromatic carbocycles. The number of rotatable bonds is 0. The van der Waals surface area contributed by atoms with Crippen LogP contribution in [-0.2, 0) is 0 Å². The molecule has 0 bridgehead atoms. The van der Waals surface area contributed by atoms with E-state index in [9.17, 15) is 0 Å². The molecule has 0 saturated heterocycles. The normalized spacial score (nSPS) is 7.38. The SMILES string of the molecule is [La+3].[Li+].[c-]1ccccc1.[c-]1ccccc1.[c-]1ccccc1.[c-]1ccccc1. The van der Waals surface area contributed by atoms with Gasteiger partial charge in [-0.1, -0.05) is 0 Å². The Morgan fingerprint density at radius 1 is 0.269 bits per heavy atom. The van der Waals surface area contributed by atoms with Crippen molar-refractivity contribution in [2.24, 2.45) is 0 Å². The number of hydrogen-bond acceptors (Lipinski definition) is 0. The minimum Gasteiger partial charge on any atom is -0.184 e. The van der Waals surface area contributed by atoms with E-state index in [0.29, 0.717) is 0 Å². The van der Waals surface area contributed by atoms with Gasteiger partial charge in [0.05, 0.1) is 0 Å². The Bertz CT molecular complexity index is 426. The van der Waals surface area contributed by atoms with E-state index in [1.165, 1.54) is 0 Å². The predicted octanol–water partition coefficient (Wildman–Crippen LogP) is 2.95. The third kappa shape index (κ3) is 20.7. The van der Waals surface area contributed by atoms with Gasteiger partial charge >= 0.3 is 54.5 Å². The summed E-state index contributed by atoms with van der Waals surface area (Å²) >= 11 is 0. The van der Waals surface area contributed by atoms with Crippen molar-refractivity contribution in [2.75, 3.05) is 0 Å². The van der Waals surface area contributed by atoms with Crippen molar-refractivity contribution in [3.05, 3.63) is 146 Å². The number of benzene rings is 4. The third-order valence-electron chi connectivity index (χ3n) is 2.43. The maximum Gasteiger partial charge on any atom is 3.00 e. The first-order chi connectivity index (χ1) is 12.0. The fraction of sp³-hybridized carbons (Fsp3) is 0. The summed E-state index contributed by atoms with van der Waals surface area (Å²) < 4.78 is 0. The van der Waals surface area contributed by atoms with E-state index < -0.39 is 0 Å². The van der Waals surface area contributed by atoms with Crippen LogP contribution >= 0.6 is 0 Å². The van der Waals surface area contributed by atoms with Gasteiger partial charge in [-0.25, -0.2) is 0 Å². The molecule has 0 aliphatic rings. The molecule has 0 saturated carbocycles. The van der Waals surface area contributed by atoms with Gasteiger partial charge in [0.2, 0.25) is 0 Å². The Balaban J connectivity index is 0. The maximum atomic E-state index is 2.89. The Labute approximate surface area is 198 Å². The summed E-state index contributed by atoms with van der Waals surface area (Å²) in [6.07, 6.45) is 0. The fourth-order valence-electron chi connectivity index (χ4n) is 1.37. The van der Waals surface area contributed by atoms with Gasteiger partial charge < -0.3 is 0 Å². The van der Waals surface area contributed by atoms with Crippen molar-refractivity contribution in [2.45, 2.75) is 0 Å². The Morgan fingerprint density at radius 2 is 0.423 bits per heavy atom. The average molecular weight is 454 g/mol. The van der Waals surface area contributed by atoms with Gasteiger partial charge in [-0.2, -0.15) is 146 Å². The van der Waals surface area contributed by atoms with E-state index in [-0.39, 0.29) is 54.5 Å². The topological polar surface area (TPSA) is 0 Å². The van der Waals surface area contributed by atoms with Crippen molar-refractivity contribution < 1.29 is 54.5 Å². The van der Waals surface area contributed by atoms with Gasteiger partial charge in [-0.05, 0) is 0 Å². The van der Waals surface area contributed by atoms with Gasteiger partial charge in [-0.3, -0.25) is 0 Å². The van der Waals surface area contributed by atoms with Gasteiger partial charge in [0, 0.05) is 0 Å². The molecule has 0 fully saturated rings. The van der Waals surface area contributed by atoms with E-state index in [1.54, 1.807) is 0 Å². The van der Waals surface area contributed by atoms with Gasteiger partial charge in [0.25, 0.3) is 0 Å². The summed E-state index contributed by atoms with van der Waals surface area (Å²) in [5.74, 6) is 0. The van der Waals surface area contributed by atoms with Crippen LogP contribution in [0.25, 0.3) is 0 Å². The van der Waals surface area contributed by atoms with E-state index >= 15 is 0 Å². The minimum absolute atomic E-state index is 0. The summed E-state index contributed by atoms with van der Waals surface area (Å²) in [6, 6.07) is 50.0. The van der Waals surface area contributed by atoms with Crippen LogP contribution in [0, 0.1) is 59.9 Å². The molecule has 0 heterocycles. The van der Waals surface area contributed by atoms with Crippen LogP contribution in [0.5, 0.6) is 0 Å². The summed E-state index contributed by atoms with van der Waals surface area (Å²) in [7, 11) is 0. The second-order valence-electron chi connectivity index (χ2n) is 4.31. The fourth-order valence-corrected chi connectivity index (χ4v) is 1.37. The van der Waals surface area contributed by atoms with Crippen LogP contribution in [0.4, 0.5) is 0 Å². The van der Waals surface area contributed by atoms with Gasteiger partial charge in [0.1, 0.15) is 0 Å². The van der Waals surface area contributed by atoms with Crippen molar-refractivity contribution in [3.63, 3.8) is 0 Å². The zero-order chi connectivity index (χ0) is 17.0. The molecule has 120 valence electrons. The van der Waals surface area contributed by atoms with Crippen molar-refractivity contribution in [1.82, 2.24) is 0 Å². The predicted molar refractivity (Wildman–Crippen MR) is 101 cm³/mol. The summed E-state index contributed by atoms with van der Waals surface area (Å²) in [5, 5.41) is 0. The summed E-state index contributed by atoms with van der Waals surface area (Å²) in [4.78, 5) is 0. The molecular formula is C24H20LaLi. The van der Waals surface area contributed by atoms with E-state index in [2.05, 4.69) is 24.3 Å². The van der Waals surface area contributed by atoms with Crippen LogP contribution in [-0.4, -0.2) is 0 Å². The molecule has 0 atom stereocenters. The molecule has 2 heteroatoms. The average Bonchev–Trinajstić information content (AvgIpc) is 2.75. The first kappa shape index (κ1) is 26.9. The molecule has 0 aliphatic heterocycles. The molecule has 0 amide bonds. The van der Waals surface area contributed by atoms with E-state index in [4.69, 9.17) is 0 Å². The van der Waals surface area contributed by atoms with Crippen molar-refractivity contribution in [3.8, 4) is 0 Å². The zero-order valence-corrected chi connectivity index (χ0v) is 18.8. The molecule has 4 aromatic rings. The quantitative estimate of drug-likeness (QED) is 0.283. The standard InChI is InChI=1S/4C6H5.La.Li/c4*1-2-4-6-5-3-1;;/h4*1-5H;;/q4*-1;+3;+1.